The van der Waals surface area contributed by atoms with Crippen LogP contribution in [0.5, 0.6) is 0 Å². The number of methoxy groups -OCH3 is 1. The molecular formula is C36H45NO16. The van der Waals surface area contributed by atoms with Crippen molar-refractivity contribution >= 4 is 46.5 Å². The number of ether oxygens (including phenoxy) is 10. The maximum absolute atomic E-state index is 12.6. The lowest BCUT2D eigenvalue weighted by atomic mass is 9.94. The predicted octanol–water partition coefficient (Wildman–Crippen LogP) is 1.63. The minimum atomic E-state index is -1.58. The van der Waals surface area contributed by atoms with Crippen LogP contribution in [0, 0.1) is 0 Å². The van der Waals surface area contributed by atoms with Crippen molar-refractivity contribution < 1.29 is 76.1 Å². The van der Waals surface area contributed by atoms with Gasteiger partial charge in [-0.05, 0) is 22.4 Å². The van der Waals surface area contributed by atoms with Crippen LogP contribution in [0.1, 0.15) is 47.1 Å². The quantitative estimate of drug-likeness (QED) is 0.215. The Labute approximate surface area is 305 Å². The van der Waals surface area contributed by atoms with Gasteiger partial charge in [0.15, 0.2) is 30.9 Å². The summed E-state index contributed by atoms with van der Waals surface area (Å²) in [7, 11) is 1.31. The third-order valence-corrected chi connectivity index (χ3v) is 8.21. The third kappa shape index (κ3) is 11.4. The van der Waals surface area contributed by atoms with E-state index in [0.29, 0.717) is 0 Å². The van der Waals surface area contributed by atoms with Gasteiger partial charge in [0.2, 0.25) is 5.91 Å². The van der Waals surface area contributed by atoms with E-state index >= 15 is 0 Å². The highest BCUT2D eigenvalue weighted by Crippen LogP contribution is 2.35. The summed E-state index contributed by atoms with van der Waals surface area (Å²) in [5, 5.41) is 4.60. The second-order valence-corrected chi connectivity index (χ2v) is 12.4. The van der Waals surface area contributed by atoms with Crippen LogP contribution in [0.25, 0.3) is 10.8 Å². The smallest absolute Gasteiger partial charge is 0.303 e. The summed E-state index contributed by atoms with van der Waals surface area (Å²) in [6.07, 6.45) is -12.2. The zero-order valence-corrected chi connectivity index (χ0v) is 30.5. The van der Waals surface area contributed by atoms with Crippen molar-refractivity contribution in [3.8, 4) is 0 Å². The molecule has 2 aromatic rings. The second-order valence-electron chi connectivity index (χ2n) is 12.4. The summed E-state index contributed by atoms with van der Waals surface area (Å²) < 4.78 is 58.2. The van der Waals surface area contributed by atoms with E-state index in [4.69, 9.17) is 47.4 Å². The fourth-order valence-electron chi connectivity index (χ4n) is 6.17. The zero-order chi connectivity index (χ0) is 38.8. The highest BCUT2D eigenvalue weighted by atomic mass is 16.8. The summed E-state index contributed by atoms with van der Waals surface area (Å²) >= 11 is 0. The molecule has 2 fully saturated rings. The molecule has 0 saturated carbocycles. The number of benzene rings is 2. The minimum Gasteiger partial charge on any atom is -0.463 e. The van der Waals surface area contributed by atoms with Crippen molar-refractivity contribution in [1.82, 2.24) is 5.32 Å². The Morgan fingerprint density at radius 3 is 1.74 bits per heavy atom. The average molecular weight is 748 g/mol. The first-order chi connectivity index (χ1) is 25.2. The second kappa shape index (κ2) is 18.9. The molecule has 2 aliphatic heterocycles. The van der Waals surface area contributed by atoms with Gasteiger partial charge in [0.1, 0.15) is 43.7 Å². The molecule has 0 aromatic heterocycles. The minimum absolute atomic E-state index is 0.0541. The van der Waals surface area contributed by atoms with Crippen LogP contribution in [-0.2, 0) is 82.7 Å². The van der Waals surface area contributed by atoms with Gasteiger partial charge in [0, 0.05) is 48.7 Å². The van der Waals surface area contributed by atoms with Crippen molar-refractivity contribution in [2.24, 2.45) is 0 Å². The molecule has 17 nitrogen and oxygen atoms in total. The Morgan fingerprint density at radius 2 is 1.17 bits per heavy atom. The number of fused-ring (bicyclic) bond motifs is 1. The van der Waals surface area contributed by atoms with E-state index in [1.807, 2.05) is 42.5 Å². The fourth-order valence-corrected chi connectivity index (χ4v) is 6.17. The van der Waals surface area contributed by atoms with Crippen LogP contribution in [0.15, 0.2) is 42.5 Å². The lowest BCUT2D eigenvalue weighted by molar-refractivity contribution is -0.351. The maximum atomic E-state index is 12.6. The molecule has 2 aliphatic rings. The summed E-state index contributed by atoms with van der Waals surface area (Å²) in [5.41, 5.74) is 0.731. The van der Waals surface area contributed by atoms with Crippen molar-refractivity contribution in [3.05, 3.63) is 48.0 Å². The van der Waals surface area contributed by atoms with Crippen LogP contribution >= 0.6 is 0 Å². The number of carbonyl (C=O) groups is 6. The fraction of sp³-hybridized carbons (Fsp3) is 0.556. The summed E-state index contributed by atoms with van der Waals surface area (Å²) in [4.78, 5) is 73.8. The molecule has 1 amide bonds. The molecular weight excluding hydrogens is 702 g/mol. The highest BCUT2D eigenvalue weighted by molar-refractivity contribution is 5.83. The molecule has 2 heterocycles. The zero-order valence-electron chi connectivity index (χ0n) is 30.5. The van der Waals surface area contributed by atoms with Crippen LogP contribution in [0.2, 0.25) is 0 Å². The molecule has 2 saturated heterocycles. The Morgan fingerprint density at radius 1 is 0.623 bits per heavy atom. The van der Waals surface area contributed by atoms with Gasteiger partial charge in [-0.1, -0.05) is 36.4 Å². The van der Waals surface area contributed by atoms with Gasteiger partial charge in [0.05, 0.1) is 6.61 Å². The molecule has 0 radical (unpaired) electrons. The average Bonchev–Trinajstić information content (AvgIpc) is 3.08. The molecule has 53 heavy (non-hydrogen) atoms. The first-order valence-corrected chi connectivity index (χ1v) is 16.8. The number of hydrogen-bond acceptors (Lipinski definition) is 16. The maximum Gasteiger partial charge on any atom is 0.303 e. The largest absolute Gasteiger partial charge is 0.463 e. The van der Waals surface area contributed by atoms with Crippen molar-refractivity contribution in [1.29, 1.82) is 0 Å². The lowest BCUT2D eigenvalue weighted by Gasteiger charge is -2.49. The summed E-state index contributed by atoms with van der Waals surface area (Å²) in [6, 6.07) is 12.1. The van der Waals surface area contributed by atoms with E-state index in [2.05, 4.69) is 5.32 Å². The monoisotopic (exact) mass is 747 g/mol. The van der Waals surface area contributed by atoms with Gasteiger partial charge < -0.3 is 52.7 Å². The standard InChI is InChI=1S/C36H45NO16/c1-18(38)37-29-32(49-22(5)42)30(44-7)27(16-45-19(2)39)51-35(29)53-33-31(48-21(4)41)28(17-46-20(3)40)52-36(34(33)50-23(6)43)47-15-24-12-13-25-10-8-9-11-26(25)14-24/h8-14,27-36H,15-17H2,1-7H3,(H,37,38)/t27-,28-,29-,30-,31-,32-,33+,34-,35+,36-/m1/s1. The Kier molecular flexibility index (Phi) is 14.6. The van der Waals surface area contributed by atoms with Crippen LogP contribution in [0.3, 0.4) is 0 Å². The van der Waals surface area contributed by atoms with E-state index < -0.39 is 104 Å². The normalized spacial score (nSPS) is 28.3. The molecule has 17 heteroatoms. The highest BCUT2D eigenvalue weighted by Gasteiger charge is 2.56. The number of nitrogens with one attached hydrogen (secondary N) is 1. The van der Waals surface area contributed by atoms with Crippen LogP contribution in [0.4, 0.5) is 0 Å². The number of esters is 5. The predicted molar refractivity (Wildman–Crippen MR) is 179 cm³/mol. The molecule has 4 rings (SSSR count). The van der Waals surface area contributed by atoms with Crippen molar-refractivity contribution in [2.75, 3.05) is 20.3 Å². The van der Waals surface area contributed by atoms with Gasteiger partial charge in [-0.25, -0.2) is 0 Å². The molecule has 0 aliphatic carbocycles. The molecule has 2 aromatic carbocycles. The summed E-state index contributed by atoms with van der Waals surface area (Å²) in [6.45, 7) is 6.06. The van der Waals surface area contributed by atoms with E-state index in [9.17, 15) is 28.8 Å². The Hall–Kier alpha value is -4.68. The Balaban J connectivity index is 1.79. The van der Waals surface area contributed by atoms with Gasteiger partial charge in [0.25, 0.3) is 0 Å². The van der Waals surface area contributed by atoms with Crippen LogP contribution < -0.4 is 5.32 Å². The van der Waals surface area contributed by atoms with Crippen molar-refractivity contribution in [2.45, 2.75) is 109 Å². The van der Waals surface area contributed by atoms with Crippen LogP contribution in [-0.4, -0.2) is 117 Å². The third-order valence-electron chi connectivity index (χ3n) is 8.21. The van der Waals surface area contributed by atoms with Gasteiger partial charge in [-0.2, -0.15) is 0 Å². The SMILES string of the molecule is CO[C@H]1[C@H](OC(C)=O)[C@@H](NC(C)=O)[C@H](O[C@@H]2[C@@H](OC(C)=O)[C@H](OCc3ccc4ccccc4c3)O[C@H](COC(C)=O)[C@H]2OC(C)=O)O[C@@H]1COC(C)=O. The molecule has 290 valence electrons. The van der Waals surface area contributed by atoms with E-state index in [-0.39, 0.29) is 13.2 Å². The first kappa shape index (κ1) is 41.1. The van der Waals surface area contributed by atoms with E-state index in [0.717, 1.165) is 37.1 Å². The number of amides is 1. The van der Waals surface area contributed by atoms with Gasteiger partial charge >= 0.3 is 29.8 Å². The van der Waals surface area contributed by atoms with Gasteiger partial charge in [-0.15, -0.1) is 0 Å². The topological polar surface area (TPSA) is 207 Å². The van der Waals surface area contributed by atoms with Gasteiger partial charge in [-0.3, -0.25) is 28.8 Å². The summed E-state index contributed by atoms with van der Waals surface area (Å²) in [5.74, 6) is -4.24. The van der Waals surface area contributed by atoms with E-state index in [1.165, 1.54) is 27.9 Å². The number of rotatable bonds is 14. The van der Waals surface area contributed by atoms with Crippen molar-refractivity contribution in [3.63, 3.8) is 0 Å². The Bertz CT molecular complexity index is 1630. The van der Waals surface area contributed by atoms with E-state index in [1.54, 1.807) is 0 Å². The number of carbonyl (C=O) groups excluding carboxylic acids is 6. The molecule has 0 bridgehead atoms. The first-order valence-electron chi connectivity index (χ1n) is 16.8. The molecule has 0 unspecified atom stereocenters. The molecule has 1 N–H and O–H groups in total. The molecule has 10 atom stereocenters. The number of hydrogen-bond donors (Lipinski definition) is 1. The lowest BCUT2D eigenvalue weighted by Crippen LogP contribution is -2.69. The molecule has 0 spiro atoms.